The van der Waals surface area contributed by atoms with E-state index in [4.69, 9.17) is 4.74 Å². The molecule has 0 aromatic heterocycles. The van der Waals surface area contributed by atoms with Crippen molar-refractivity contribution >= 4 is 17.6 Å². The zero-order valence-electron chi connectivity index (χ0n) is 8.97. The van der Waals surface area contributed by atoms with Gasteiger partial charge in [-0.15, -0.1) is 0 Å². The molecule has 1 N–H and O–H groups in total. The number of nitrogens with one attached hydrogen (secondary N) is 1. The highest BCUT2D eigenvalue weighted by atomic mass is 16.5. The molecule has 84 valence electrons. The van der Waals surface area contributed by atoms with Crippen molar-refractivity contribution in [3.63, 3.8) is 0 Å². The average molecular weight is 219 g/mol. The summed E-state index contributed by atoms with van der Waals surface area (Å²) in [4.78, 5) is 23.1. The highest BCUT2D eigenvalue weighted by molar-refractivity contribution is 6.05. The summed E-state index contributed by atoms with van der Waals surface area (Å²) in [5, 5.41) is 2.70. The quantitative estimate of drug-likeness (QED) is 0.607. The van der Waals surface area contributed by atoms with E-state index in [1.54, 1.807) is 19.1 Å². The van der Waals surface area contributed by atoms with Crippen LogP contribution in [0.4, 0.5) is 5.69 Å². The van der Waals surface area contributed by atoms with Gasteiger partial charge in [0.1, 0.15) is 12.0 Å². The van der Waals surface area contributed by atoms with Crippen LogP contribution in [0.3, 0.4) is 0 Å². The van der Waals surface area contributed by atoms with Crippen LogP contribution in [0.1, 0.15) is 13.3 Å². The molecule has 0 aliphatic carbocycles. The molecule has 1 aliphatic rings. The summed E-state index contributed by atoms with van der Waals surface area (Å²) in [6.45, 7) is 1.79. The van der Waals surface area contributed by atoms with Crippen LogP contribution in [0.2, 0.25) is 0 Å². The fourth-order valence-corrected chi connectivity index (χ4v) is 1.72. The lowest BCUT2D eigenvalue weighted by Gasteiger charge is -2.07. The molecule has 1 heterocycles. The normalized spacial score (nSPS) is 23.9. The molecule has 4 nitrogen and oxygen atoms in total. The highest BCUT2D eigenvalue weighted by Crippen LogP contribution is 2.22. The van der Waals surface area contributed by atoms with Crippen LogP contribution >= 0.6 is 0 Å². The van der Waals surface area contributed by atoms with Crippen molar-refractivity contribution in [2.45, 2.75) is 19.4 Å². The van der Waals surface area contributed by atoms with Gasteiger partial charge in [0, 0.05) is 12.1 Å². The number of carbonyl (C=O) groups excluding carboxylic acids is 2. The molecule has 2 atom stereocenters. The number of rotatable bonds is 2. The van der Waals surface area contributed by atoms with Crippen molar-refractivity contribution in [1.29, 1.82) is 0 Å². The van der Waals surface area contributed by atoms with E-state index in [2.05, 4.69) is 5.32 Å². The van der Waals surface area contributed by atoms with Gasteiger partial charge in [0.05, 0.1) is 0 Å². The van der Waals surface area contributed by atoms with Crippen LogP contribution < -0.4 is 5.32 Å². The first kappa shape index (κ1) is 10.7. The van der Waals surface area contributed by atoms with E-state index in [1.807, 2.05) is 18.2 Å². The average Bonchev–Trinajstić information content (AvgIpc) is 2.59. The van der Waals surface area contributed by atoms with E-state index in [0.717, 1.165) is 0 Å². The maximum atomic E-state index is 11.8. The standard InChI is InChI=1S/C12H13NO3/c1-8-7-10(12(15)16-8)11(14)13-9-5-3-2-4-6-9/h2-6,8,10H,7H2,1H3,(H,13,14)/t8-,10+/m1/s1. The van der Waals surface area contributed by atoms with E-state index in [9.17, 15) is 9.59 Å². The third kappa shape index (κ3) is 2.21. The minimum absolute atomic E-state index is 0.168. The molecular formula is C12H13NO3. The number of esters is 1. The van der Waals surface area contributed by atoms with Crippen molar-refractivity contribution in [2.75, 3.05) is 5.32 Å². The molecule has 1 fully saturated rings. The van der Waals surface area contributed by atoms with Gasteiger partial charge < -0.3 is 10.1 Å². The van der Waals surface area contributed by atoms with Crippen molar-refractivity contribution in [3.05, 3.63) is 30.3 Å². The second-order valence-corrected chi connectivity index (χ2v) is 3.89. The maximum absolute atomic E-state index is 11.8. The number of benzene rings is 1. The Kier molecular flexibility index (Phi) is 2.90. The second kappa shape index (κ2) is 4.35. The topological polar surface area (TPSA) is 55.4 Å². The van der Waals surface area contributed by atoms with E-state index >= 15 is 0 Å². The number of amides is 1. The Labute approximate surface area is 93.6 Å². The molecule has 2 rings (SSSR count). The monoisotopic (exact) mass is 219 g/mol. The molecule has 1 amide bonds. The van der Waals surface area contributed by atoms with Crippen LogP contribution in [0.25, 0.3) is 0 Å². The van der Waals surface area contributed by atoms with Gasteiger partial charge in [-0.05, 0) is 19.1 Å². The summed E-state index contributed by atoms with van der Waals surface area (Å²) in [7, 11) is 0. The SMILES string of the molecule is C[C@@H]1C[C@@H](C(=O)Nc2ccccc2)C(=O)O1. The Hall–Kier alpha value is -1.84. The van der Waals surface area contributed by atoms with Crippen LogP contribution in [0, 0.1) is 5.92 Å². The number of para-hydroxylation sites is 1. The first-order valence-corrected chi connectivity index (χ1v) is 5.23. The molecule has 1 saturated heterocycles. The Morgan fingerprint density at radius 2 is 2.06 bits per heavy atom. The van der Waals surface area contributed by atoms with E-state index in [0.29, 0.717) is 12.1 Å². The molecule has 0 bridgehead atoms. The van der Waals surface area contributed by atoms with Crippen molar-refractivity contribution < 1.29 is 14.3 Å². The van der Waals surface area contributed by atoms with Crippen molar-refractivity contribution in [1.82, 2.24) is 0 Å². The minimum Gasteiger partial charge on any atom is -0.462 e. The van der Waals surface area contributed by atoms with Gasteiger partial charge >= 0.3 is 5.97 Å². The minimum atomic E-state index is -0.671. The third-order valence-corrected chi connectivity index (χ3v) is 2.53. The summed E-state index contributed by atoms with van der Waals surface area (Å²) in [5.74, 6) is -1.39. The smallest absolute Gasteiger partial charge is 0.318 e. The number of anilines is 1. The molecule has 4 heteroatoms. The summed E-state index contributed by atoms with van der Waals surface area (Å²) in [5.41, 5.74) is 0.694. The van der Waals surface area contributed by atoms with Gasteiger partial charge in [-0.25, -0.2) is 0 Å². The van der Waals surface area contributed by atoms with Gasteiger partial charge in [0.25, 0.3) is 0 Å². The third-order valence-electron chi connectivity index (χ3n) is 2.53. The highest BCUT2D eigenvalue weighted by Gasteiger charge is 2.37. The van der Waals surface area contributed by atoms with Gasteiger partial charge in [-0.3, -0.25) is 9.59 Å². The van der Waals surface area contributed by atoms with Crippen LogP contribution in [0.15, 0.2) is 30.3 Å². The molecule has 0 saturated carbocycles. The van der Waals surface area contributed by atoms with Gasteiger partial charge in [-0.2, -0.15) is 0 Å². The Bertz CT molecular complexity index is 402. The van der Waals surface area contributed by atoms with E-state index in [1.165, 1.54) is 0 Å². The molecule has 1 aliphatic heterocycles. The molecule has 0 spiro atoms. The number of ether oxygens (including phenoxy) is 1. The zero-order chi connectivity index (χ0) is 11.5. The van der Waals surface area contributed by atoms with Crippen LogP contribution in [0.5, 0.6) is 0 Å². The lowest BCUT2D eigenvalue weighted by Crippen LogP contribution is -2.26. The van der Waals surface area contributed by atoms with Crippen molar-refractivity contribution in [2.24, 2.45) is 5.92 Å². The Morgan fingerprint density at radius 3 is 2.62 bits per heavy atom. The first-order valence-electron chi connectivity index (χ1n) is 5.23. The predicted molar refractivity (Wildman–Crippen MR) is 58.7 cm³/mol. The number of hydrogen-bond donors (Lipinski definition) is 1. The van der Waals surface area contributed by atoms with Gasteiger partial charge in [-0.1, -0.05) is 18.2 Å². The Balaban J connectivity index is 2.01. The predicted octanol–water partition coefficient (Wildman–Crippen LogP) is 1.58. The molecule has 0 radical (unpaired) electrons. The van der Waals surface area contributed by atoms with Gasteiger partial charge in [0.2, 0.25) is 5.91 Å². The molecular weight excluding hydrogens is 206 g/mol. The fourth-order valence-electron chi connectivity index (χ4n) is 1.72. The summed E-state index contributed by atoms with van der Waals surface area (Å²) < 4.78 is 4.93. The zero-order valence-corrected chi connectivity index (χ0v) is 8.97. The van der Waals surface area contributed by atoms with Crippen molar-refractivity contribution in [3.8, 4) is 0 Å². The fraction of sp³-hybridized carbons (Fsp3) is 0.333. The molecule has 1 aromatic rings. The number of cyclic esters (lactones) is 1. The molecule has 0 unspecified atom stereocenters. The lowest BCUT2D eigenvalue weighted by atomic mass is 10.0. The Morgan fingerprint density at radius 1 is 1.38 bits per heavy atom. The lowest BCUT2D eigenvalue weighted by molar-refractivity contribution is -0.145. The van der Waals surface area contributed by atoms with E-state index in [-0.39, 0.29) is 12.0 Å². The number of carbonyl (C=O) groups is 2. The maximum Gasteiger partial charge on any atom is 0.318 e. The van der Waals surface area contributed by atoms with E-state index < -0.39 is 11.9 Å². The molecule has 16 heavy (non-hydrogen) atoms. The second-order valence-electron chi connectivity index (χ2n) is 3.89. The molecule has 1 aromatic carbocycles. The first-order chi connectivity index (χ1) is 7.66. The van der Waals surface area contributed by atoms with Crippen LogP contribution in [-0.4, -0.2) is 18.0 Å². The largest absolute Gasteiger partial charge is 0.462 e. The summed E-state index contributed by atoms with van der Waals surface area (Å²) in [6.07, 6.45) is 0.288. The van der Waals surface area contributed by atoms with Crippen LogP contribution in [-0.2, 0) is 14.3 Å². The summed E-state index contributed by atoms with van der Waals surface area (Å²) in [6, 6.07) is 9.07. The summed E-state index contributed by atoms with van der Waals surface area (Å²) >= 11 is 0. The number of hydrogen-bond acceptors (Lipinski definition) is 3. The van der Waals surface area contributed by atoms with Gasteiger partial charge in [0.15, 0.2) is 0 Å².